The first-order valence-corrected chi connectivity index (χ1v) is 10.4. The Labute approximate surface area is 169 Å². The van der Waals surface area contributed by atoms with Gasteiger partial charge in [-0.25, -0.2) is 0 Å². The molecule has 6 heteroatoms. The first kappa shape index (κ1) is 20.9. The molecule has 0 saturated heterocycles. The zero-order chi connectivity index (χ0) is 18.9. The molecule has 140 valence electrons. The predicted octanol–water partition coefficient (Wildman–Crippen LogP) is 5.51. The van der Waals surface area contributed by atoms with Crippen LogP contribution in [0.4, 0.5) is 0 Å². The Morgan fingerprint density at radius 3 is 2.58 bits per heavy atom. The van der Waals surface area contributed by atoms with E-state index in [2.05, 4.69) is 5.32 Å². The van der Waals surface area contributed by atoms with E-state index in [0.717, 1.165) is 22.6 Å². The van der Waals surface area contributed by atoms with Gasteiger partial charge in [0.05, 0.1) is 0 Å². The lowest BCUT2D eigenvalue weighted by Gasteiger charge is -2.17. The van der Waals surface area contributed by atoms with E-state index in [1.807, 2.05) is 50.2 Å². The summed E-state index contributed by atoms with van der Waals surface area (Å²) >= 11 is 13.8. The molecular formula is C20H23Cl2NO2S. The molecule has 0 unspecified atom stereocenters. The zero-order valence-corrected chi connectivity index (χ0v) is 17.3. The Balaban J connectivity index is 1.71. The summed E-state index contributed by atoms with van der Waals surface area (Å²) in [5.41, 5.74) is 2.20. The molecule has 0 radical (unpaired) electrons. The Morgan fingerprint density at radius 1 is 1.19 bits per heavy atom. The van der Waals surface area contributed by atoms with Crippen LogP contribution >= 0.6 is 35.0 Å². The van der Waals surface area contributed by atoms with Crippen molar-refractivity contribution in [2.75, 3.05) is 12.3 Å². The summed E-state index contributed by atoms with van der Waals surface area (Å²) in [4.78, 5) is 12.3. The lowest BCUT2D eigenvalue weighted by atomic mass is 10.2. The van der Waals surface area contributed by atoms with Crippen LogP contribution in [0.2, 0.25) is 10.0 Å². The zero-order valence-electron chi connectivity index (χ0n) is 14.9. The molecule has 0 saturated carbocycles. The molecule has 0 bridgehead atoms. The maximum atomic E-state index is 12.3. The highest BCUT2D eigenvalue weighted by Gasteiger charge is 2.17. The van der Waals surface area contributed by atoms with Crippen molar-refractivity contribution >= 4 is 40.9 Å². The van der Waals surface area contributed by atoms with Gasteiger partial charge in [-0.1, -0.05) is 53.9 Å². The van der Waals surface area contributed by atoms with E-state index in [1.165, 1.54) is 0 Å². The number of ether oxygens (including phenoxy) is 1. The first-order chi connectivity index (χ1) is 12.5. The van der Waals surface area contributed by atoms with Gasteiger partial charge in [0.2, 0.25) is 0 Å². The second kappa shape index (κ2) is 10.7. The minimum absolute atomic E-state index is 0.0850. The Morgan fingerprint density at radius 2 is 1.92 bits per heavy atom. The number of rotatable bonds is 9. The van der Waals surface area contributed by atoms with Gasteiger partial charge in [0.25, 0.3) is 5.91 Å². The van der Waals surface area contributed by atoms with Gasteiger partial charge in [0.1, 0.15) is 5.75 Å². The van der Waals surface area contributed by atoms with Gasteiger partial charge in [-0.05, 0) is 43.2 Å². The topological polar surface area (TPSA) is 38.3 Å². The molecule has 0 aliphatic carbocycles. The highest BCUT2D eigenvalue weighted by atomic mass is 35.5. The SMILES string of the molecule is CC[C@H](Oc1ccc(C)cc1)C(=O)NCCSCc1ccc(Cl)cc1Cl. The van der Waals surface area contributed by atoms with Gasteiger partial charge in [0, 0.05) is 28.1 Å². The van der Waals surface area contributed by atoms with Crippen LogP contribution in [0, 0.1) is 6.92 Å². The third-order valence-corrected chi connectivity index (χ3v) is 5.38. The monoisotopic (exact) mass is 411 g/mol. The number of halogens is 2. The number of nitrogens with one attached hydrogen (secondary N) is 1. The third kappa shape index (κ3) is 6.75. The fraction of sp³-hybridized carbons (Fsp3) is 0.350. The molecule has 3 nitrogen and oxygen atoms in total. The van der Waals surface area contributed by atoms with E-state index < -0.39 is 6.10 Å². The van der Waals surface area contributed by atoms with Crippen molar-refractivity contribution in [1.82, 2.24) is 5.32 Å². The van der Waals surface area contributed by atoms with Crippen LogP contribution in [-0.2, 0) is 10.5 Å². The summed E-state index contributed by atoms with van der Waals surface area (Å²) in [6, 6.07) is 13.2. The maximum Gasteiger partial charge on any atom is 0.261 e. The number of hydrogen-bond donors (Lipinski definition) is 1. The van der Waals surface area contributed by atoms with E-state index >= 15 is 0 Å². The number of aryl methyl sites for hydroxylation is 1. The Kier molecular flexibility index (Phi) is 8.63. The van der Waals surface area contributed by atoms with E-state index in [9.17, 15) is 4.79 Å². The average Bonchev–Trinajstić information content (AvgIpc) is 2.62. The first-order valence-electron chi connectivity index (χ1n) is 8.52. The van der Waals surface area contributed by atoms with Crippen LogP contribution in [-0.4, -0.2) is 24.3 Å². The quantitative estimate of drug-likeness (QED) is 0.552. The molecular weight excluding hydrogens is 389 g/mol. The molecule has 1 atom stereocenters. The minimum Gasteiger partial charge on any atom is -0.481 e. The molecule has 1 amide bonds. The van der Waals surface area contributed by atoms with E-state index in [0.29, 0.717) is 28.8 Å². The molecule has 2 aromatic rings. The Bertz CT molecular complexity index is 722. The van der Waals surface area contributed by atoms with E-state index in [4.69, 9.17) is 27.9 Å². The van der Waals surface area contributed by atoms with Crippen molar-refractivity contribution in [1.29, 1.82) is 0 Å². The number of carbonyl (C=O) groups is 1. The van der Waals surface area contributed by atoms with Crippen LogP contribution < -0.4 is 10.1 Å². The summed E-state index contributed by atoms with van der Waals surface area (Å²) in [7, 11) is 0. The summed E-state index contributed by atoms with van der Waals surface area (Å²) < 4.78 is 5.78. The van der Waals surface area contributed by atoms with Crippen LogP contribution in [0.3, 0.4) is 0 Å². The molecule has 0 spiro atoms. The van der Waals surface area contributed by atoms with Crippen molar-refractivity contribution in [3.05, 3.63) is 63.6 Å². The summed E-state index contributed by atoms with van der Waals surface area (Å²) in [5, 5.41) is 4.24. The third-order valence-electron chi connectivity index (χ3n) is 3.78. The highest BCUT2D eigenvalue weighted by molar-refractivity contribution is 7.98. The largest absolute Gasteiger partial charge is 0.481 e. The normalized spacial score (nSPS) is 11.8. The van der Waals surface area contributed by atoms with Gasteiger partial charge in [-0.2, -0.15) is 11.8 Å². The van der Waals surface area contributed by atoms with Crippen LogP contribution in [0.1, 0.15) is 24.5 Å². The number of amides is 1. The molecule has 0 aromatic heterocycles. The molecule has 26 heavy (non-hydrogen) atoms. The van der Waals surface area contributed by atoms with Gasteiger partial charge in [-0.15, -0.1) is 0 Å². The average molecular weight is 412 g/mol. The van der Waals surface area contributed by atoms with Crippen molar-refractivity contribution in [3.63, 3.8) is 0 Å². The molecule has 2 rings (SSSR count). The van der Waals surface area contributed by atoms with Crippen molar-refractivity contribution in [2.45, 2.75) is 32.1 Å². The van der Waals surface area contributed by atoms with Crippen molar-refractivity contribution in [2.24, 2.45) is 0 Å². The smallest absolute Gasteiger partial charge is 0.261 e. The highest BCUT2D eigenvalue weighted by Crippen LogP contribution is 2.24. The number of carbonyl (C=O) groups excluding carboxylic acids is 1. The summed E-state index contributed by atoms with van der Waals surface area (Å²) in [5.74, 6) is 2.21. The minimum atomic E-state index is -0.478. The summed E-state index contributed by atoms with van der Waals surface area (Å²) in [6.45, 7) is 4.54. The van der Waals surface area contributed by atoms with Gasteiger partial charge in [-0.3, -0.25) is 4.79 Å². The van der Waals surface area contributed by atoms with E-state index in [1.54, 1.807) is 17.8 Å². The fourth-order valence-corrected chi connectivity index (χ4v) is 3.70. The van der Waals surface area contributed by atoms with Gasteiger partial charge < -0.3 is 10.1 Å². The van der Waals surface area contributed by atoms with E-state index in [-0.39, 0.29) is 5.91 Å². The lowest BCUT2D eigenvalue weighted by Crippen LogP contribution is -2.39. The van der Waals surface area contributed by atoms with Crippen molar-refractivity contribution in [3.8, 4) is 5.75 Å². The Hall–Kier alpha value is -1.36. The molecule has 0 fully saturated rings. The standard InChI is InChI=1S/C20H23Cl2NO2S/c1-3-19(25-17-8-4-14(2)5-9-17)20(24)23-10-11-26-13-15-6-7-16(21)12-18(15)22/h4-9,12,19H,3,10-11,13H2,1-2H3,(H,23,24)/t19-/m0/s1. The summed E-state index contributed by atoms with van der Waals surface area (Å²) in [6.07, 6.45) is 0.140. The molecule has 0 heterocycles. The molecule has 0 aliphatic heterocycles. The van der Waals surface area contributed by atoms with Crippen molar-refractivity contribution < 1.29 is 9.53 Å². The number of thioether (sulfide) groups is 1. The predicted molar refractivity (Wildman–Crippen MR) is 112 cm³/mol. The van der Waals surface area contributed by atoms with Gasteiger partial charge in [0.15, 0.2) is 6.10 Å². The molecule has 2 aromatic carbocycles. The van der Waals surface area contributed by atoms with Crippen LogP contribution in [0.25, 0.3) is 0 Å². The van der Waals surface area contributed by atoms with Crippen LogP contribution in [0.15, 0.2) is 42.5 Å². The second-order valence-electron chi connectivity index (χ2n) is 5.91. The molecule has 0 aliphatic rings. The van der Waals surface area contributed by atoms with Gasteiger partial charge >= 0.3 is 0 Å². The maximum absolute atomic E-state index is 12.3. The fourth-order valence-electron chi connectivity index (χ4n) is 2.28. The lowest BCUT2D eigenvalue weighted by molar-refractivity contribution is -0.127. The number of benzene rings is 2. The molecule has 1 N–H and O–H groups in total. The number of hydrogen-bond acceptors (Lipinski definition) is 3. The van der Waals surface area contributed by atoms with Crippen LogP contribution in [0.5, 0.6) is 5.75 Å². The second-order valence-corrected chi connectivity index (χ2v) is 7.86.